The van der Waals surface area contributed by atoms with Crippen molar-refractivity contribution in [2.45, 2.75) is 6.92 Å². The zero-order chi connectivity index (χ0) is 13.0. The molecule has 0 bridgehead atoms. The van der Waals surface area contributed by atoms with Crippen LogP contribution in [0.15, 0.2) is 18.2 Å². The number of rotatable bonds is 4. The lowest BCUT2D eigenvalue weighted by molar-refractivity contribution is 0.219. The lowest BCUT2D eigenvalue weighted by atomic mass is 10.1. The van der Waals surface area contributed by atoms with Gasteiger partial charge in [0.2, 0.25) is 0 Å². The molecular formula is C13H16N4O. The summed E-state index contributed by atoms with van der Waals surface area (Å²) in [7, 11) is 0. The highest BCUT2D eigenvalue weighted by atomic mass is 16.2. The lowest BCUT2D eigenvalue weighted by Crippen LogP contribution is -2.32. The van der Waals surface area contributed by atoms with E-state index in [0.29, 0.717) is 25.2 Å². The Bertz CT molecular complexity index is 492. The second-order valence-electron chi connectivity index (χ2n) is 4.26. The van der Waals surface area contributed by atoms with E-state index in [2.05, 4.69) is 16.7 Å². The quantitative estimate of drug-likeness (QED) is 0.839. The van der Waals surface area contributed by atoms with Gasteiger partial charge in [-0.25, -0.2) is 4.79 Å². The van der Waals surface area contributed by atoms with E-state index < -0.39 is 0 Å². The van der Waals surface area contributed by atoms with E-state index in [1.807, 2.05) is 25.1 Å². The number of aryl methyl sites for hydroxylation is 1. The molecule has 18 heavy (non-hydrogen) atoms. The van der Waals surface area contributed by atoms with E-state index >= 15 is 0 Å². The van der Waals surface area contributed by atoms with Gasteiger partial charge in [-0.05, 0) is 18.6 Å². The molecule has 94 valence electrons. The van der Waals surface area contributed by atoms with Gasteiger partial charge in [0.25, 0.3) is 0 Å². The van der Waals surface area contributed by atoms with E-state index in [1.54, 1.807) is 4.90 Å². The molecule has 0 saturated carbocycles. The highest BCUT2D eigenvalue weighted by molar-refractivity contribution is 5.76. The van der Waals surface area contributed by atoms with Crippen molar-refractivity contribution in [3.05, 3.63) is 29.3 Å². The molecule has 2 rings (SSSR count). The Morgan fingerprint density at radius 1 is 1.56 bits per heavy atom. The molecule has 5 nitrogen and oxygen atoms in total. The molecule has 2 amide bonds. The van der Waals surface area contributed by atoms with Gasteiger partial charge in [-0.15, -0.1) is 0 Å². The first kappa shape index (κ1) is 12.2. The monoisotopic (exact) mass is 244 g/mol. The van der Waals surface area contributed by atoms with Gasteiger partial charge in [0.15, 0.2) is 0 Å². The van der Waals surface area contributed by atoms with Crippen molar-refractivity contribution in [3.8, 4) is 6.07 Å². The first-order valence-corrected chi connectivity index (χ1v) is 5.98. The molecule has 1 saturated heterocycles. The summed E-state index contributed by atoms with van der Waals surface area (Å²) in [6, 6.07) is 7.90. The maximum atomic E-state index is 11.3. The molecule has 0 spiro atoms. The number of nitriles is 1. The molecule has 5 heteroatoms. The van der Waals surface area contributed by atoms with Crippen LogP contribution < -0.4 is 10.6 Å². The van der Waals surface area contributed by atoms with Crippen LogP contribution in [0.25, 0.3) is 0 Å². The van der Waals surface area contributed by atoms with Crippen molar-refractivity contribution in [1.29, 1.82) is 5.26 Å². The van der Waals surface area contributed by atoms with Crippen molar-refractivity contribution < 1.29 is 4.79 Å². The van der Waals surface area contributed by atoms with Crippen molar-refractivity contribution >= 4 is 11.7 Å². The fourth-order valence-corrected chi connectivity index (χ4v) is 2.01. The number of nitrogens with zero attached hydrogens (tertiary/aromatic N) is 2. The molecular weight excluding hydrogens is 228 g/mol. The van der Waals surface area contributed by atoms with Gasteiger partial charge in [-0.2, -0.15) is 5.26 Å². The molecule has 0 aliphatic carbocycles. The minimum atomic E-state index is -0.0125. The molecule has 0 aromatic heterocycles. The molecule has 1 aliphatic rings. The SMILES string of the molecule is Cc1cccc(NCCN2CCNC2=O)c1C#N. The standard InChI is InChI=1S/C13H16N4O/c1-10-3-2-4-12(11(10)9-14)15-5-7-17-8-6-16-13(17)18/h2-4,15H,5-8H2,1H3,(H,16,18). The second kappa shape index (κ2) is 5.41. The lowest BCUT2D eigenvalue weighted by Gasteiger charge is -2.15. The summed E-state index contributed by atoms with van der Waals surface area (Å²) in [6.45, 7) is 4.67. The van der Waals surface area contributed by atoms with Crippen LogP contribution in [0.2, 0.25) is 0 Å². The minimum Gasteiger partial charge on any atom is -0.382 e. The third kappa shape index (κ3) is 2.54. The third-order valence-electron chi connectivity index (χ3n) is 3.03. The molecule has 2 N–H and O–H groups in total. The second-order valence-corrected chi connectivity index (χ2v) is 4.26. The molecule has 1 fully saturated rings. The molecule has 0 atom stereocenters. The van der Waals surface area contributed by atoms with E-state index in [4.69, 9.17) is 5.26 Å². The summed E-state index contributed by atoms with van der Waals surface area (Å²) in [5, 5.41) is 15.1. The van der Waals surface area contributed by atoms with Crippen LogP contribution in [0.3, 0.4) is 0 Å². The van der Waals surface area contributed by atoms with E-state index in [-0.39, 0.29) is 6.03 Å². The number of urea groups is 1. The van der Waals surface area contributed by atoms with Gasteiger partial charge in [-0.1, -0.05) is 12.1 Å². The van der Waals surface area contributed by atoms with E-state index in [1.165, 1.54) is 0 Å². The number of hydrogen-bond acceptors (Lipinski definition) is 3. The van der Waals surface area contributed by atoms with Gasteiger partial charge >= 0.3 is 6.03 Å². The summed E-state index contributed by atoms with van der Waals surface area (Å²) in [5.74, 6) is 0. The van der Waals surface area contributed by atoms with Gasteiger partial charge in [0, 0.05) is 26.2 Å². The Balaban J connectivity index is 1.93. The van der Waals surface area contributed by atoms with Gasteiger partial charge in [0.05, 0.1) is 11.3 Å². The predicted molar refractivity (Wildman–Crippen MR) is 69.4 cm³/mol. The summed E-state index contributed by atoms with van der Waals surface area (Å²) in [6.07, 6.45) is 0. The first-order valence-electron chi connectivity index (χ1n) is 5.98. The number of anilines is 1. The topological polar surface area (TPSA) is 68.2 Å². The fraction of sp³-hybridized carbons (Fsp3) is 0.385. The minimum absolute atomic E-state index is 0.0125. The highest BCUT2D eigenvalue weighted by Crippen LogP contribution is 2.17. The summed E-state index contributed by atoms with van der Waals surface area (Å²) in [4.78, 5) is 13.1. The molecule has 1 aromatic rings. The van der Waals surface area contributed by atoms with Gasteiger partial charge in [-0.3, -0.25) is 0 Å². The largest absolute Gasteiger partial charge is 0.382 e. The zero-order valence-corrected chi connectivity index (χ0v) is 10.4. The summed E-state index contributed by atoms with van der Waals surface area (Å²) < 4.78 is 0. The van der Waals surface area contributed by atoms with E-state index in [9.17, 15) is 4.79 Å². The van der Waals surface area contributed by atoms with Crippen LogP contribution in [0.4, 0.5) is 10.5 Å². The average Bonchev–Trinajstić information content (AvgIpc) is 2.75. The number of nitrogens with one attached hydrogen (secondary N) is 2. The van der Waals surface area contributed by atoms with Crippen molar-refractivity contribution in [3.63, 3.8) is 0 Å². The molecule has 0 unspecified atom stereocenters. The molecule has 1 heterocycles. The Kier molecular flexibility index (Phi) is 3.68. The van der Waals surface area contributed by atoms with Crippen LogP contribution in [0, 0.1) is 18.3 Å². The first-order chi connectivity index (χ1) is 8.72. The molecule has 1 aliphatic heterocycles. The average molecular weight is 244 g/mol. The van der Waals surface area contributed by atoms with Crippen molar-refractivity contribution in [1.82, 2.24) is 10.2 Å². The number of hydrogen-bond donors (Lipinski definition) is 2. The number of benzene rings is 1. The smallest absolute Gasteiger partial charge is 0.317 e. The summed E-state index contributed by atoms with van der Waals surface area (Å²) in [5.41, 5.74) is 2.46. The Morgan fingerprint density at radius 3 is 3.06 bits per heavy atom. The zero-order valence-electron chi connectivity index (χ0n) is 10.4. The Hall–Kier alpha value is -2.22. The van der Waals surface area contributed by atoms with Crippen LogP contribution in [0.1, 0.15) is 11.1 Å². The Labute approximate surface area is 106 Å². The van der Waals surface area contributed by atoms with Crippen molar-refractivity contribution in [2.24, 2.45) is 0 Å². The van der Waals surface area contributed by atoms with E-state index in [0.717, 1.165) is 17.8 Å². The molecule has 0 radical (unpaired) electrons. The third-order valence-corrected chi connectivity index (χ3v) is 3.03. The molecule has 1 aromatic carbocycles. The van der Waals surface area contributed by atoms with Gasteiger partial charge < -0.3 is 15.5 Å². The Morgan fingerprint density at radius 2 is 2.39 bits per heavy atom. The summed E-state index contributed by atoms with van der Waals surface area (Å²) >= 11 is 0. The number of carbonyl (C=O) groups is 1. The van der Waals surface area contributed by atoms with Gasteiger partial charge in [0.1, 0.15) is 6.07 Å². The highest BCUT2D eigenvalue weighted by Gasteiger charge is 2.18. The van der Waals surface area contributed by atoms with Crippen LogP contribution in [-0.4, -0.2) is 37.1 Å². The van der Waals surface area contributed by atoms with Crippen LogP contribution in [0.5, 0.6) is 0 Å². The van der Waals surface area contributed by atoms with Crippen LogP contribution >= 0.6 is 0 Å². The van der Waals surface area contributed by atoms with Crippen molar-refractivity contribution in [2.75, 3.05) is 31.5 Å². The predicted octanol–water partition coefficient (Wildman–Crippen LogP) is 1.30. The van der Waals surface area contributed by atoms with Crippen LogP contribution in [-0.2, 0) is 0 Å². The fourth-order valence-electron chi connectivity index (χ4n) is 2.01. The normalized spacial score (nSPS) is 14.2. The number of carbonyl (C=O) groups excluding carboxylic acids is 1. The number of amides is 2. The maximum absolute atomic E-state index is 11.3. The maximum Gasteiger partial charge on any atom is 0.317 e.